The van der Waals surface area contributed by atoms with Crippen LogP contribution in [0.3, 0.4) is 0 Å². The van der Waals surface area contributed by atoms with Gasteiger partial charge in [0.15, 0.2) is 5.16 Å². The third kappa shape index (κ3) is 5.69. The molecule has 1 fully saturated rings. The predicted molar refractivity (Wildman–Crippen MR) is 107 cm³/mol. The van der Waals surface area contributed by atoms with E-state index in [4.69, 9.17) is 4.74 Å². The fourth-order valence-corrected chi connectivity index (χ4v) is 3.81. The molecule has 3 rings (SSSR count). The zero-order valence-electron chi connectivity index (χ0n) is 15.6. The van der Waals surface area contributed by atoms with Crippen LogP contribution in [-0.4, -0.2) is 46.9 Å². The van der Waals surface area contributed by atoms with E-state index in [0.29, 0.717) is 6.04 Å². The molecule has 1 aliphatic rings. The van der Waals surface area contributed by atoms with Crippen molar-refractivity contribution < 1.29 is 4.74 Å². The van der Waals surface area contributed by atoms with Crippen molar-refractivity contribution in [1.29, 1.82) is 0 Å². The number of likely N-dealkylation sites (tertiary alicyclic amines) is 1. The summed E-state index contributed by atoms with van der Waals surface area (Å²) in [6, 6.07) is 8.88. The van der Waals surface area contributed by atoms with Crippen LogP contribution in [0.2, 0.25) is 0 Å². The molecule has 2 aromatic rings. The molecule has 1 aromatic heterocycles. The highest BCUT2D eigenvalue weighted by Gasteiger charge is 2.19. The number of piperidine rings is 1. The van der Waals surface area contributed by atoms with Crippen molar-refractivity contribution in [3.63, 3.8) is 0 Å². The van der Waals surface area contributed by atoms with E-state index in [0.717, 1.165) is 48.4 Å². The van der Waals surface area contributed by atoms with E-state index >= 15 is 0 Å². The third-order valence-electron chi connectivity index (χ3n) is 4.60. The number of hydrogen-bond acceptors (Lipinski definition) is 6. The zero-order valence-corrected chi connectivity index (χ0v) is 16.5. The van der Waals surface area contributed by atoms with E-state index in [-0.39, 0.29) is 0 Å². The topological polar surface area (TPSA) is 50.3 Å². The number of nitrogens with zero attached hydrogens (tertiary/aromatic N) is 3. The van der Waals surface area contributed by atoms with Gasteiger partial charge in [0.2, 0.25) is 0 Å². The first kappa shape index (κ1) is 19.1. The minimum absolute atomic E-state index is 0.513. The fraction of sp³-hybridized carbons (Fsp3) is 0.500. The minimum Gasteiger partial charge on any atom is -0.497 e. The molecule has 1 aromatic carbocycles. The molecule has 1 aliphatic heterocycles. The molecule has 0 spiro atoms. The van der Waals surface area contributed by atoms with E-state index < -0.39 is 0 Å². The molecule has 6 heteroatoms. The van der Waals surface area contributed by atoms with Crippen molar-refractivity contribution in [2.45, 2.75) is 44.1 Å². The molecule has 0 saturated carbocycles. The normalized spacial score (nSPS) is 18.0. The lowest BCUT2D eigenvalue weighted by molar-refractivity contribution is 0.182. The summed E-state index contributed by atoms with van der Waals surface area (Å²) in [6.45, 7) is 6.14. The maximum Gasteiger partial charge on any atom is 0.187 e. The number of rotatable bonds is 8. The van der Waals surface area contributed by atoms with Crippen LogP contribution in [0.5, 0.6) is 5.75 Å². The second-order valence-electron chi connectivity index (χ2n) is 6.61. The summed E-state index contributed by atoms with van der Waals surface area (Å²) in [6.07, 6.45) is 6.33. The molecule has 1 N–H and O–H groups in total. The van der Waals surface area contributed by atoms with Crippen LogP contribution in [0, 0.1) is 0 Å². The molecule has 140 valence electrons. The molecule has 0 bridgehead atoms. The van der Waals surface area contributed by atoms with E-state index in [9.17, 15) is 0 Å². The highest BCUT2D eigenvalue weighted by Crippen LogP contribution is 2.18. The number of aromatic nitrogens is 2. The summed E-state index contributed by atoms with van der Waals surface area (Å²) in [5.41, 5.74) is 2.46. The number of nitrogens with one attached hydrogen (secondary N) is 1. The van der Waals surface area contributed by atoms with E-state index in [1.54, 1.807) is 18.9 Å². The lowest BCUT2D eigenvalue weighted by Gasteiger charge is -2.33. The highest BCUT2D eigenvalue weighted by molar-refractivity contribution is 7.99. The largest absolute Gasteiger partial charge is 0.497 e. The summed E-state index contributed by atoms with van der Waals surface area (Å²) >= 11 is 1.68. The summed E-state index contributed by atoms with van der Waals surface area (Å²) in [5, 5.41) is 4.53. The van der Waals surface area contributed by atoms with Gasteiger partial charge in [-0.1, -0.05) is 30.8 Å². The van der Waals surface area contributed by atoms with Crippen molar-refractivity contribution in [2.75, 3.05) is 26.0 Å². The number of benzene rings is 1. The summed E-state index contributed by atoms with van der Waals surface area (Å²) in [5.74, 6) is 1.93. The van der Waals surface area contributed by atoms with Crippen molar-refractivity contribution in [2.24, 2.45) is 0 Å². The predicted octanol–water partition coefficient (Wildman–Crippen LogP) is 3.35. The molecule has 1 saturated heterocycles. The van der Waals surface area contributed by atoms with Crippen LogP contribution in [-0.2, 0) is 13.1 Å². The Hall–Kier alpha value is -1.63. The van der Waals surface area contributed by atoms with E-state index in [1.165, 1.54) is 18.4 Å². The van der Waals surface area contributed by atoms with Crippen molar-refractivity contribution >= 4 is 11.8 Å². The zero-order chi connectivity index (χ0) is 18.2. The van der Waals surface area contributed by atoms with Gasteiger partial charge in [-0.25, -0.2) is 9.97 Å². The van der Waals surface area contributed by atoms with E-state index in [1.807, 2.05) is 18.5 Å². The highest BCUT2D eigenvalue weighted by atomic mass is 32.2. The Morgan fingerprint density at radius 1 is 1.27 bits per heavy atom. The van der Waals surface area contributed by atoms with Gasteiger partial charge in [-0.2, -0.15) is 0 Å². The van der Waals surface area contributed by atoms with Gasteiger partial charge in [0, 0.05) is 43.6 Å². The number of methoxy groups -OCH3 is 1. The SMILES string of the molecule is CCSc1ncc(CN[C@@H]2CCCN(Cc3cccc(OC)c3)C2)cn1. The second-order valence-corrected chi connectivity index (χ2v) is 7.84. The van der Waals surface area contributed by atoms with Gasteiger partial charge in [-0.15, -0.1) is 0 Å². The van der Waals surface area contributed by atoms with Crippen molar-refractivity contribution in [1.82, 2.24) is 20.2 Å². The second kappa shape index (κ2) is 9.90. The maximum absolute atomic E-state index is 5.33. The Bertz CT molecular complexity index is 680. The number of hydrogen-bond donors (Lipinski definition) is 1. The molecule has 0 radical (unpaired) electrons. The first-order valence-corrected chi connectivity index (χ1v) is 10.3. The fourth-order valence-electron chi connectivity index (χ4n) is 3.29. The van der Waals surface area contributed by atoms with Gasteiger partial charge < -0.3 is 10.1 Å². The van der Waals surface area contributed by atoms with E-state index in [2.05, 4.69) is 45.3 Å². The minimum atomic E-state index is 0.513. The van der Waals surface area contributed by atoms with Crippen LogP contribution in [0.15, 0.2) is 41.8 Å². The average molecular weight is 373 g/mol. The van der Waals surface area contributed by atoms with Crippen LogP contribution in [0.1, 0.15) is 30.9 Å². The Labute approximate surface area is 160 Å². The number of thioether (sulfide) groups is 1. The Kier molecular flexibility index (Phi) is 7.29. The molecule has 0 unspecified atom stereocenters. The Morgan fingerprint density at radius 2 is 2.12 bits per heavy atom. The quantitative estimate of drug-likeness (QED) is 0.566. The standard InChI is InChI=1S/C20H28N4OS/c1-3-26-20-22-12-17(13-23-20)11-21-18-7-5-9-24(15-18)14-16-6-4-8-19(10-16)25-2/h4,6,8,10,12-13,18,21H,3,5,7,9,11,14-15H2,1-2H3/t18-/m1/s1. The summed E-state index contributed by atoms with van der Waals surface area (Å²) in [7, 11) is 1.72. The van der Waals surface area contributed by atoms with Gasteiger partial charge in [0.05, 0.1) is 7.11 Å². The summed E-state index contributed by atoms with van der Waals surface area (Å²) in [4.78, 5) is 11.3. The van der Waals surface area contributed by atoms with Gasteiger partial charge >= 0.3 is 0 Å². The van der Waals surface area contributed by atoms with Crippen LogP contribution in [0.25, 0.3) is 0 Å². The van der Waals surface area contributed by atoms with Gasteiger partial charge in [-0.05, 0) is 42.8 Å². The molecule has 26 heavy (non-hydrogen) atoms. The maximum atomic E-state index is 5.33. The molecule has 2 heterocycles. The number of ether oxygens (including phenoxy) is 1. The molecule has 5 nitrogen and oxygen atoms in total. The molecular formula is C20H28N4OS. The smallest absolute Gasteiger partial charge is 0.187 e. The summed E-state index contributed by atoms with van der Waals surface area (Å²) < 4.78 is 5.33. The van der Waals surface area contributed by atoms with Crippen LogP contribution in [0.4, 0.5) is 0 Å². The van der Waals surface area contributed by atoms with Gasteiger partial charge in [0.25, 0.3) is 0 Å². The molecule has 1 atom stereocenters. The third-order valence-corrected chi connectivity index (χ3v) is 5.35. The molecule has 0 aliphatic carbocycles. The monoisotopic (exact) mass is 372 g/mol. The molecule has 0 amide bonds. The lowest BCUT2D eigenvalue weighted by atomic mass is 10.0. The molecular weight excluding hydrogens is 344 g/mol. The van der Waals surface area contributed by atoms with Crippen molar-refractivity contribution in [3.05, 3.63) is 47.8 Å². The van der Waals surface area contributed by atoms with Crippen LogP contribution < -0.4 is 10.1 Å². The van der Waals surface area contributed by atoms with Crippen molar-refractivity contribution in [3.8, 4) is 5.75 Å². The first-order chi connectivity index (χ1) is 12.8. The van der Waals surface area contributed by atoms with Gasteiger partial charge in [-0.3, -0.25) is 4.90 Å². The first-order valence-electron chi connectivity index (χ1n) is 9.29. The Balaban J connectivity index is 1.48. The Morgan fingerprint density at radius 3 is 2.88 bits per heavy atom. The average Bonchev–Trinajstić information content (AvgIpc) is 2.68. The van der Waals surface area contributed by atoms with Crippen LogP contribution >= 0.6 is 11.8 Å². The lowest BCUT2D eigenvalue weighted by Crippen LogP contribution is -2.45. The van der Waals surface area contributed by atoms with Gasteiger partial charge in [0.1, 0.15) is 5.75 Å².